The fraction of sp³-hybridized carbons (Fsp3) is 0.625. The summed E-state index contributed by atoms with van der Waals surface area (Å²) >= 11 is 0. The van der Waals surface area contributed by atoms with Crippen molar-refractivity contribution >= 4 is 17.1 Å². The highest BCUT2D eigenvalue weighted by Crippen LogP contribution is 2.40. The monoisotopic (exact) mass is 368 g/mol. The van der Waals surface area contributed by atoms with Crippen molar-refractivity contribution in [3.63, 3.8) is 0 Å². The summed E-state index contributed by atoms with van der Waals surface area (Å²) in [5.41, 5.74) is -0.832. The van der Waals surface area contributed by atoms with Gasteiger partial charge in [-0.1, -0.05) is 0 Å². The summed E-state index contributed by atoms with van der Waals surface area (Å²) in [5.74, 6) is 0. The van der Waals surface area contributed by atoms with Crippen LogP contribution in [-0.4, -0.2) is 59.2 Å². The Balaban J connectivity index is 2.48. The number of benzene rings is 1. The quantitative estimate of drug-likeness (QED) is 0.550. The molecule has 1 saturated heterocycles. The van der Waals surface area contributed by atoms with Gasteiger partial charge in [0, 0.05) is 36.9 Å². The Bertz CT molecular complexity index is 700. The highest BCUT2D eigenvalue weighted by atomic mass is 16.6. The van der Waals surface area contributed by atoms with E-state index in [1.165, 1.54) is 13.0 Å². The standard InChI is InChI=1S/C16H24N4O6/c1-11-12(9-21)8-13(19(22)23)14(15(11)20(24)25)17-10-16(18(2)3)4-6-26-7-5-16/h8,17,21H,4-7,9-10H2,1-3H3. The number of aliphatic hydroxyl groups excluding tert-OH is 1. The molecule has 0 amide bonds. The zero-order valence-corrected chi connectivity index (χ0v) is 15.2. The highest BCUT2D eigenvalue weighted by Gasteiger charge is 2.37. The maximum Gasteiger partial charge on any atom is 0.302 e. The minimum atomic E-state index is -0.666. The van der Waals surface area contributed by atoms with Crippen LogP contribution in [0.2, 0.25) is 0 Å². The summed E-state index contributed by atoms with van der Waals surface area (Å²) in [5, 5.41) is 35.4. The molecule has 2 N–H and O–H groups in total. The van der Waals surface area contributed by atoms with Gasteiger partial charge in [-0.2, -0.15) is 0 Å². The number of ether oxygens (including phenoxy) is 1. The number of hydrogen-bond donors (Lipinski definition) is 2. The SMILES string of the molecule is Cc1c(CO)cc([N+](=O)[O-])c(NCC2(N(C)C)CCOCC2)c1[N+](=O)[O-]. The molecule has 0 radical (unpaired) electrons. The fourth-order valence-corrected chi connectivity index (χ4v) is 3.30. The first kappa shape index (κ1) is 20.0. The maximum atomic E-state index is 11.6. The van der Waals surface area contributed by atoms with Crippen LogP contribution in [-0.2, 0) is 11.3 Å². The van der Waals surface area contributed by atoms with Gasteiger partial charge in [-0.05, 0) is 39.4 Å². The molecule has 0 aliphatic carbocycles. The molecule has 0 atom stereocenters. The largest absolute Gasteiger partial charge is 0.392 e. The van der Waals surface area contributed by atoms with Gasteiger partial charge in [0.15, 0.2) is 5.69 Å². The first-order valence-corrected chi connectivity index (χ1v) is 8.28. The molecule has 1 fully saturated rings. The molecule has 0 saturated carbocycles. The maximum absolute atomic E-state index is 11.6. The van der Waals surface area contributed by atoms with Crippen molar-refractivity contribution in [2.45, 2.75) is 31.9 Å². The third-order valence-electron chi connectivity index (χ3n) is 5.16. The third-order valence-corrected chi connectivity index (χ3v) is 5.16. The second kappa shape index (κ2) is 7.94. The average Bonchev–Trinajstić information content (AvgIpc) is 2.59. The van der Waals surface area contributed by atoms with Gasteiger partial charge < -0.3 is 20.1 Å². The number of nitro benzene ring substituents is 2. The molecule has 10 heteroatoms. The van der Waals surface area contributed by atoms with Crippen molar-refractivity contribution < 1.29 is 19.7 Å². The lowest BCUT2D eigenvalue weighted by molar-refractivity contribution is -0.392. The molecule has 0 aromatic heterocycles. The topological polar surface area (TPSA) is 131 Å². The molecule has 0 spiro atoms. The van der Waals surface area contributed by atoms with E-state index in [0.29, 0.717) is 32.6 Å². The molecule has 10 nitrogen and oxygen atoms in total. The van der Waals surface area contributed by atoms with Crippen molar-refractivity contribution in [3.8, 4) is 0 Å². The number of anilines is 1. The summed E-state index contributed by atoms with van der Waals surface area (Å²) in [7, 11) is 3.83. The lowest BCUT2D eigenvalue weighted by atomic mass is 9.88. The Kier molecular flexibility index (Phi) is 6.11. The predicted molar refractivity (Wildman–Crippen MR) is 95.4 cm³/mol. The normalized spacial score (nSPS) is 16.5. The Hall–Kier alpha value is -2.30. The van der Waals surface area contributed by atoms with Crippen LogP contribution in [0.4, 0.5) is 17.1 Å². The third kappa shape index (κ3) is 3.76. The number of likely N-dealkylation sites (N-methyl/N-ethyl adjacent to an activating group) is 1. The van der Waals surface area contributed by atoms with Crippen molar-refractivity contribution in [2.75, 3.05) is 39.2 Å². The second-order valence-corrected chi connectivity index (χ2v) is 6.66. The summed E-state index contributed by atoms with van der Waals surface area (Å²) in [6.07, 6.45) is 1.42. The Morgan fingerprint density at radius 1 is 1.27 bits per heavy atom. The number of nitro groups is 2. The fourth-order valence-electron chi connectivity index (χ4n) is 3.30. The van der Waals surface area contributed by atoms with Crippen molar-refractivity contribution in [1.29, 1.82) is 0 Å². The zero-order valence-electron chi connectivity index (χ0n) is 15.2. The molecule has 1 aliphatic heterocycles. The molecule has 1 heterocycles. The molecule has 26 heavy (non-hydrogen) atoms. The molecule has 2 rings (SSSR count). The summed E-state index contributed by atoms with van der Waals surface area (Å²) < 4.78 is 5.40. The summed E-state index contributed by atoms with van der Waals surface area (Å²) in [6.45, 7) is 2.41. The van der Waals surface area contributed by atoms with Crippen LogP contribution < -0.4 is 5.32 Å². The lowest BCUT2D eigenvalue weighted by Gasteiger charge is -2.43. The minimum absolute atomic E-state index is 0.123. The van der Waals surface area contributed by atoms with E-state index < -0.39 is 22.1 Å². The number of aliphatic hydroxyl groups is 1. The van der Waals surface area contributed by atoms with Gasteiger partial charge in [0.1, 0.15) is 0 Å². The van der Waals surface area contributed by atoms with Gasteiger partial charge in [-0.25, -0.2) is 0 Å². The smallest absolute Gasteiger partial charge is 0.302 e. The first-order chi connectivity index (χ1) is 12.2. The zero-order chi connectivity index (χ0) is 19.5. The highest BCUT2D eigenvalue weighted by molar-refractivity contribution is 5.77. The van der Waals surface area contributed by atoms with Crippen molar-refractivity contribution in [1.82, 2.24) is 4.90 Å². The van der Waals surface area contributed by atoms with E-state index in [1.54, 1.807) is 0 Å². The van der Waals surface area contributed by atoms with Crippen molar-refractivity contribution in [2.24, 2.45) is 0 Å². The van der Waals surface area contributed by atoms with E-state index in [-0.39, 0.29) is 28.0 Å². The van der Waals surface area contributed by atoms with Gasteiger partial charge in [0.05, 0.1) is 16.5 Å². The van der Waals surface area contributed by atoms with E-state index in [0.717, 1.165) is 0 Å². The average molecular weight is 368 g/mol. The van der Waals surface area contributed by atoms with Gasteiger partial charge in [-0.3, -0.25) is 20.2 Å². The van der Waals surface area contributed by atoms with Crippen LogP contribution in [0.25, 0.3) is 0 Å². The van der Waals surface area contributed by atoms with Crippen LogP contribution in [0.5, 0.6) is 0 Å². The molecule has 1 aromatic carbocycles. The Morgan fingerprint density at radius 2 is 1.88 bits per heavy atom. The van der Waals surface area contributed by atoms with Gasteiger partial charge >= 0.3 is 5.69 Å². The number of rotatable bonds is 7. The second-order valence-electron chi connectivity index (χ2n) is 6.66. The Labute approximate surface area is 151 Å². The summed E-state index contributed by atoms with van der Waals surface area (Å²) in [4.78, 5) is 23.8. The van der Waals surface area contributed by atoms with Gasteiger partial charge in [0.2, 0.25) is 0 Å². The van der Waals surface area contributed by atoms with Crippen LogP contribution in [0.3, 0.4) is 0 Å². The minimum Gasteiger partial charge on any atom is -0.392 e. The van der Waals surface area contributed by atoms with Gasteiger partial charge in [-0.15, -0.1) is 0 Å². The molecular formula is C16H24N4O6. The van der Waals surface area contributed by atoms with E-state index in [1.807, 2.05) is 19.0 Å². The van der Waals surface area contributed by atoms with Gasteiger partial charge in [0.25, 0.3) is 5.69 Å². The predicted octanol–water partition coefficient (Wildman–Crippen LogP) is 1.83. The number of nitrogens with one attached hydrogen (secondary N) is 1. The van der Waals surface area contributed by atoms with E-state index in [4.69, 9.17) is 4.74 Å². The Morgan fingerprint density at radius 3 is 2.35 bits per heavy atom. The molecule has 0 unspecified atom stereocenters. The molecule has 0 bridgehead atoms. The van der Waals surface area contributed by atoms with Crippen LogP contribution in [0, 0.1) is 27.2 Å². The molecule has 1 aliphatic rings. The first-order valence-electron chi connectivity index (χ1n) is 8.28. The van der Waals surface area contributed by atoms with Crippen LogP contribution in [0.15, 0.2) is 6.07 Å². The molecule has 144 valence electrons. The van der Waals surface area contributed by atoms with E-state index in [2.05, 4.69) is 5.32 Å². The van der Waals surface area contributed by atoms with Crippen LogP contribution in [0.1, 0.15) is 24.0 Å². The van der Waals surface area contributed by atoms with E-state index >= 15 is 0 Å². The van der Waals surface area contributed by atoms with E-state index in [9.17, 15) is 25.3 Å². The van der Waals surface area contributed by atoms with Crippen LogP contribution >= 0.6 is 0 Å². The van der Waals surface area contributed by atoms with Crippen molar-refractivity contribution in [3.05, 3.63) is 37.4 Å². The molecular weight excluding hydrogens is 344 g/mol. The summed E-state index contributed by atoms with van der Waals surface area (Å²) in [6, 6.07) is 1.19. The molecule has 1 aromatic rings. The number of nitrogens with zero attached hydrogens (tertiary/aromatic N) is 3. The number of hydrogen-bond acceptors (Lipinski definition) is 8. The lowest BCUT2D eigenvalue weighted by Crippen LogP contribution is -2.53.